The van der Waals surface area contributed by atoms with Crippen LogP contribution in [-0.2, 0) is 0 Å². The molecule has 2 aliphatic heterocycles. The number of non-ortho nitro benzene ring substituents is 1. The highest BCUT2D eigenvalue weighted by atomic mass is 16.6. The molecule has 0 spiro atoms. The number of hydrogen-bond donors (Lipinski definition) is 1. The summed E-state index contributed by atoms with van der Waals surface area (Å²) < 4.78 is 0. The van der Waals surface area contributed by atoms with Gasteiger partial charge in [-0.2, -0.15) is 0 Å². The Morgan fingerprint density at radius 2 is 2.00 bits per heavy atom. The van der Waals surface area contributed by atoms with Crippen molar-refractivity contribution >= 4 is 22.4 Å². The first-order chi connectivity index (χ1) is 10.2. The number of aromatic nitrogens is 2. The van der Waals surface area contributed by atoms with Crippen LogP contribution in [-0.4, -0.2) is 41.1 Å². The van der Waals surface area contributed by atoms with Crippen LogP contribution in [0, 0.1) is 22.0 Å². The maximum absolute atomic E-state index is 11.0. The summed E-state index contributed by atoms with van der Waals surface area (Å²) in [5.41, 5.74) is 0.834. The number of anilines is 1. The van der Waals surface area contributed by atoms with Crippen molar-refractivity contribution < 1.29 is 4.92 Å². The first-order valence-corrected chi connectivity index (χ1v) is 7.07. The zero-order chi connectivity index (χ0) is 14.4. The lowest BCUT2D eigenvalue weighted by Gasteiger charge is -2.19. The molecule has 2 saturated heterocycles. The molecule has 7 nitrogen and oxygen atoms in total. The zero-order valence-electron chi connectivity index (χ0n) is 11.4. The van der Waals surface area contributed by atoms with Gasteiger partial charge >= 0.3 is 0 Å². The first kappa shape index (κ1) is 12.5. The lowest BCUT2D eigenvalue weighted by molar-refractivity contribution is -0.384. The zero-order valence-corrected chi connectivity index (χ0v) is 11.4. The van der Waals surface area contributed by atoms with Crippen molar-refractivity contribution in [2.24, 2.45) is 11.8 Å². The van der Waals surface area contributed by atoms with E-state index in [4.69, 9.17) is 0 Å². The van der Waals surface area contributed by atoms with Crippen LogP contribution in [0.15, 0.2) is 24.5 Å². The standard InChI is InChI=1S/C14H15N5O2/c20-19(21)11-1-2-13-12(3-11)14(17-8-16-13)18-6-9-4-15-5-10(9)7-18/h1-3,8-10,15H,4-7H2/t9-,10+. The average Bonchev–Trinajstić information content (AvgIpc) is 3.07. The Bertz CT molecular complexity index is 708. The average molecular weight is 285 g/mol. The Balaban J connectivity index is 1.77. The third kappa shape index (κ3) is 2.01. The van der Waals surface area contributed by atoms with Crippen LogP contribution in [0.3, 0.4) is 0 Å². The van der Waals surface area contributed by atoms with Crippen LogP contribution >= 0.6 is 0 Å². The van der Waals surface area contributed by atoms with Crippen LogP contribution in [0.5, 0.6) is 0 Å². The summed E-state index contributed by atoms with van der Waals surface area (Å²) in [6.07, 6.45) is 1.54. The van der Waals surface area contributed by atoms with Gasteiger partial charge in [0.15, 0.2) is 0 Å². The van der Waals surface area contributed by atoms with Crippen molar-refractivity contribution in [3.8, 4) is 0 Å². The number of nitrogens with zero attached hydrogens (tertiary/aromatic N) is 4. The summed E-state index contributed by atoms with van der Waals surface area (Å²) >= 11 is 0. The summed E-state index contributed by atoms with van der Waals surface area (Å²) in [6, 6.07) is 4.76. The van der Waals surface area contributed by atoms with Gasteiger partial charge in [0.2, 0.25) is 0 Å². The summed E-state index contributed by atoms with van der Waals surface area (Å²) in [7, 11) is 0. The van der Waals surface area contributed by atoms with E-state index in [2.05, 4.69) is 20.2 Å². The van der Waals surface area contributed by atoms with Crippen LogP contribution in [0.2, 0.25) is 0 Å². The largest absolute Gasteiger partial charge is 0.355 e. The highest BCUT2D eigenvalue weighted by molar-refractivity contribution is 5.91. The number of rotatable bonds is 2. The monoisotopic (exact) mass is 285 g/mol. The summed E-state index contributed by atoms with van der Waals surface area (Å²) in [4.78, 5) is 21.4. The van der Waals surface area contributed by atoms with Crippen LogP contribution in [0.1, 0.15) is 0 Å². The van der Waals surface area contributed by atoms with Crippen LogP contribution in [0.25, 0.3) is 10.9 Å². The Kier molecular flexibility index (Phi) is 2.75. The van der Waals surface area contributed by atoms with Crippen molar-refractivity contribution in [2.45, 2.75) is 0 Å². The van der Waals surface area contributed by atoms with E-state index in [0.29, 0.717) is 11.8 Å². The topological polar surface area (TPSA) is 84.2 Å². The van der Waals surface area contributed by atoms with Crippen LogP contribution in [0.4, 0.5) is 11.5 Å². The molecule has 2 fully saturated rings. The van der Waals surface area contributed by atoms with Gasteiger partial charge in [0.1, 0.15) is 12.1 Å². The van der Waals surface area contributed by atoms with Gasteiger partial charge in [0, 0.05) is 43.7 Å². The van der Waals surface area contributed by atoms with Gasteiger partial charge in [-0.3, -0.25) is 10.1 Å². The van der Waals surface area contributed by atoms with Gasteiger partial charge in [0.25, 0.3) is 5.69 Å². The number of nitrogens with one attached hydrogen (secondary N) is 1. The van der Waals surface area contributed by atoms with Crippen LogP contribution < -0.4 is 10.2 Å². The minimum atomic E-state index is -0.376. The Hall–Kier alpha value is -2.28. The predicted octanol–water partition coefficient (Wildman–Crippen LogP) is 1.19. The highest BCUT2D eigenvalue weighted by Gasteiger charge is 2.37. The van der Waals surface area contributed by atoms with Crippen molar-refractivity contribution in [3.63, 3.8) is 0 Å². The van der Waals surface area contributed by atoms with E-state index in [1.165, 1.54) is 12.4 Å². The van der Waals surface area contributed by atoms with Crippen molar-refractivity contribution in [1.82, 2.24) is 15.3 Å². The quantitative estimate of drug-likeness (QED) is 0.659. The van der Waals surface area contributed by atoms with Gasteiger partial charge < -0.3 is 10.2 Å². The fraction of sp³-hybridized carbons (Fsp3) is 0.429. The Morgan fingerprint density at radius 3 is 2.71 bits per heavy atom. The van der Waals surface area contributed by atoms with Gasteiger partial charge in [-0.25, -0.2) is 9.97 Å². The number of benzene rings is 1. The SMILES string of the molecule is O=[N+]([O-])c1ccc2ncnc(N3C[C@H]4CNC[C@H]4C3)c2c1. The van der Waals surface area contributed by atoms with E-state index >= 15 is 0 Å². The molecule has 3 heterocycles. The maximum Gasteiger partial charge on any atom is 0.270 e. The molecule has 0 bridgehead atoms. The molecule has 1 aromatic heterocycles. The smallest absolute Gasteiger partial charge is 0.270 e. The number of fused-ring (bicyclic) bond motifs is 2. The molecule has 0 radical (unpaired) electrons. The highest BCUT2D eigenvalue weighted by Crippen LogP contribution is 2.33. The van der Waals surface area contributed by atoms with Crippen molar-refractivity contribution in [3.05, 3.63) is 34.6 Å². The molecule has 2 atom stereocenters. The lowest BCUT2D eigenvalue weighted by Crippen LogP contribution is -2.26. The van der Waals surface area contributed by atoms with Gasteiger partial charge in [0.05, 0.1) is 10.4 Å². The molecule has 0 unspecified atom stereocenters. The van der Waals surface area contributed by atoms with E-state index in [0.717, 1.165) is 42.9 Å². The summed E-state index contributed by atoms with van der Waals surface area (Å²) in [6.45, 7) is 3.99. The molecule has 108 valence electrons. The molecule has 0 amide bonds. The van der Waals surface area contributed by atoms with E-state index in [1.54, 1.807) is 12.1 Å². The Morgan fingerprint density at radius 1 is 1.24 bits per heavy atom. The maximum atomic E-state index is 11.0. The minimum Gasteiger partial charge on any atom is -0.355 e. The second kappa shape index (κ2) is 4.63. The lowest BCUT2D eigenvalue weighted by atomic mass is 10.0. The molecule has 1 aromatic carbocycles. The second-order valence-electron chi connectivity index (χ2n) is 5.74. The normalized spacial score (nSPS) is 24.5. The molecular formula is C14H15N5O2. The Labute approximate surface area is 121 Å². The summed E-state index contributed by atoms with van der Waals surface area (Å²) in [5, 5.41) is 15.2. The second-order valence-corrected chi connectivity index (χ2v) is 5.74. The molecule has 7 heteroatoms. The van der Waals surface area contributed by atoms with Gasteiger partial charge in [-0.05, 0) is 17.9 Å². The minimum absolute atomic E-state index is 0.0830. The predicted molar refractivity (Wildman–Crippen MR) is 78.3 cm³/mol. The number of nitro benzene ring substituents is 1. The molecule has 21 heavy (non-hydrogen) atoms. The third-order valence-electron chi connectivity index (χ3n) is 4.50. The fourth-order valence-electron chi connectivity index (χ4n) is 3.42. The molecule has 0 aliphatic carbocycles. The van der Waals surface area contributed by atoms with Crippen molar-refractivity contribution in [2.75, 3.05) is 31.1 Å². The molecule has 2 aliphatic rings. The van der Waals surface area contributed by atoms with E-state index in [1.807, 2.05) is 0 Å². The first-order valence-electron chi connectivity index (χ1n) is 7.07. The number of nitro groups is 1. The molecule has 2 aromatic rings. The fourth-order valence-corrected chi connectivity index (χ4v) is 3.42. The molecule has 4 rings (SSSR count). The van der Waals surface area contributed by atoms with Gasteiger partial charge in [-0.15, -0.1) is 0 Å². The van der Waals surface area contributed by atoms with Crippen molar-refractivity contribution in [1.29, 1.82) is 0 Å². The van der Waals surface area contributed by atoms with E-state index in [-0.39, 0.29) is 10.6 Å². The van der Waals surface area contributed by atoms with Gasteiger partial charge in [-0.1, -0.05) is 0 Å². The van der Waals surface area contributed by atoms with E-state index in [9.17, 15) is 10.1 Å². The molecular weight excluding hydrogens is 270 g/mol. The number of hydrogen-bond acceptors (Lipinski definition) is 6. The molecule has 1 N–H and O–H groups in total. The summed E-state index contributed by atoms with van der Waals surface area (Å²) in [5.74, 6) is 2.11. The van der Waals surface area contributed by atoms with E-state index < -0.39 is 0 Å². The molecule has 0 saturated carbocycles. The third-order valence-corrected chi connectivity index (χ3v) is 4.50.